The van der Waals surface area contributed by atoms with E-state index in [1.54, 1.807) is 6.92 Å². The van der Waals surface area contributed by atoms with E-state index >= 15 is 0 Å². The minimum Gasteiger partial charge on any atom is -0.349 e. The van der Waals surface area contributed by atoms with E-state index in [1.165, 1.54) is 0 Å². The van der Waals surface area contributed by atoms with Crippen LogP contribution in [0.5, 0.6) is 0 Å². The fourth-order valence-corrected chi connectivity index (χ4v) is 1.99. The van der Waals surface area contributed by atoms with Crippen molar-refractivity contribution in [2.75, 3.05) is 33.7 Å². The van der Waals surface area contributed by atoms with E-state index in [0.717, 1.165) is 19.6 Å². The normalized spacial score (nSPS) is 22.1. The Morgan fingerprint density at radius 1 is 1.44 bits per heavy atom. The molecule has 1 saturated heterocycles. The maximum atomic E-state index is 12.1. The zero-order chi connectivity index (χ0) is 13.1. The first-order valence-corrected chi connectivity index (χ1v) is 6.02. The molecule has 1 atom stereocenters. The van der Waals surface area contributed by atoms with E-state index in [4.69, 9.17) is 0 Å². The summed E-state index contributed by atoms with van der Waals surface area (Å²) in [4.78, 5) is 16.3. The Morgan fingerprint density at radius 2 is 2.22 bits per heavy atom. The molecule has 0 aromatic carbocycles. The monoisotopic (exact) mass is 253 g/mol. The van der Waals surface area contributed by atoms with E-state index in [9.17, 15) is 4.79 Å². The molecule has 1 aromatic heterocycles. The Hall–Kier alpha value is -1.47. The summed E-state index contributed by atoms with van der Waals surface area (Å²) in [5.74, 6) is 0.0199. The SMILES string of the molecule is Cc1nonc1CNC(=O)[C@H]1CN(C)CCN1C. The van der Waals surface area contributed by atoms with E-state index < -0.39 is 0 Å². The lowest BCUT2D eigenvalue weighted by Gasteiger charge is -2.36. The van der Waals surface area contributed by atoms with Gasteiger partial charge in [-0.25, -0.2) is 4.63 Å². The van der Waals surface area contributed by atoms with Crippen molar-refractivity contribution in [3.8, 4) is 0 Å². The van der Waals surface area contributed by atoms with Crippen molar-refractivity contribution in [1.82, 2.24) is 25.4 Å². The van der Waals surface area contributed by atoms with Crippen LogP contribution in [0, 0.1) is 6.92 Å². The molecule has 0 radical (unpaired) electrons. The first kappa shape index (κ1) is 13.0. The van der Waals surface area contributed by atoms with Crippen molar-refractivity contribution in [3.63, 3.8) is 0 Å². The second-order valence-corrected chi connectivity index (χ2v) is 4.77. The molecule has 0 unspecified atom stereocenters. The van der Waals surface area contributed by atoms with Crippen molar-refractivity contribution in [3.05, 3.63) is 11.4 Å². The lowest BCUT2D eigenvalue weighted by atomic mass is 10.1. The van der Waals surface area contributed by atoms with Gasteiger partial charge in [0.05, 0.1) is 6.54 Å². The minimum atomic E-state index is -0.107. The van der Waals surface area contributed by atoms with Crippen LogP contribution >= 0.6 is 0 Å². The molecule has 0 saturated carbocycles. The van der Waals surface area contributed by atoms with Crippen LogP contribution in [-0.2, 0) is 11.3 Å². The fourth-order valence-electron chi connectivity index (χ4n) is 1.99. The summed E-state index contributed by atoms with van der Waals surface area (Å²) in [6.45, 7) is 4.81. The van der Waals surface area contributed by atoms with Gasteiger partial charge in [0.25, 0.3) is 0 Å². The van der Waals surface area contributed by atoms with Gasteiger partial charge in [0.15, 0.2) is 0 Å². The molecule has 18 heavy (non-hydrogen) atoms. The van der Waals surface area contributed by atoms with Gasteiger partial charge in [0, 0.05) is 19.6 Å². The molecule has 0 spiro atoms. The van der Waals surface area contributed by atoms with Crippen molar-refractivity contribution < 1.29 is 9.42 Å². The number of nitrogens with one attached hydrogen (secondary N) is 1. The average molecular weight is 253 g/mol. The minimum absolute atomic E-state index is 0.0199. The Bertz CT molecular complexity index is 419. The first-order valence-electron chi connectivity index (χ1n) is 6.02. The molecule has 1 aliphatic rings. The summed E-state index contributed by atoms with van der Waals surface area (Å²) < 4.78 is 4.59. The summed E-state index contributed by atoms with van der Waals surface area (Å²) in [7, 11) is 4.00. The predicted molar refractivity (Wildman–Crippen MR) is 64.8 cm³/mol. The molecule has 1 fully saturated rings. The van der Waals surface area contributed by atoms with Gasteiger partial charge < -0.3 is 10.2 Å². The van der Waals surface area contributed by atoms with Crippen molar-refractivity contribution in [2.24, 2.45) is 0 Å². The third-order valence-electron chi connectivity index (χ3n) is 3.33. The maximum absolute atomic E-state index is 12.1. The summed E-state index contributed by atoms with van der Waals surface area (Å²) in [5.41, 5.74) is 1.39. The molecule has 7 heteroatoms. The van der Waals surface area contributed by atoms with E-state index in [2.05, 4.69) is 30.1 Å². The van der Waals surface area contributed by atoms with Crippen LogP contribution in [0.3, 0.4) is 0 Å². The molecule has 1 amide bonds. The quantitative estimate of drug-likeness (QED) is 0.763. The van der Waals surface area contributed by atoms with Crippen LogP contribution < -0.4 is 5.32 Å². The Labute approximate surface area is 106 Å². The number of piperazine rings is 1. The topological polar surface area (TPSA) is 74.5 Å². The number of hydrogen-bond donors (Lipinski definition) is 1. The molecular weight excluding hydrogens is 234 g/mol. The molecule has 1 aromatic rings. The number of nitrogens with zero attached hydrogens (tertiary/aromatic N) is 4. The van der Waals surface area contributed by atoms with Gasteiger partial charge in [-0.3, -0.25) is 9.69 Å². The highest BCUT2D eigenvalue weighted by atomic mass is 16.6. The smallest absolute Gasteiger partial charge is 0.239 e. The average Bonchev–Trinajstić information content (AvgIpc) is 2.75. The molecule has 2 rings (SSSR count). The molecule has 7 nitrogen and oxygen atoms in total. The van der Waals surface area contributed by atoms with Crippen LogP contribution in [0.4, 0.5) is 0 Å². The Morgan fingerprint density at radius 3 is 2.89 bits per heavy atom. The number of aryl methyl sites for hydroxylation is 1. The van der Waals surface area contributed by atoms with Gasteiger partial charge in [0.1, 0.15) is 17.4 Å². The summed E-state index contributed by atoms with van der Waals surface area (Å²) >= 11 is 0. The molecule has 0 aliphatic carbocycles. The molecule has 0 bridgehead atoms. The third kappa shape index (κ3) is 2.85. The largest absolute Gasteiger partial charge is 0.349 e. The standard InChI is InChI=1S/C11H19N5O2/c1-8-9(14-18-13-8)6-12-11(17)10-7-15(2)4-5-16(10)3/h10H,4-7H2,1-3H3,(H,12,17)/t10-/m1/s1. The van der Waals surface area contributed by atoms with Crippen LogP contribution in [0.25, 0.3) is 0 Å². The predicted octanol–water partition coefficient (Wildman–Crippen LogP) is -0.760. The molecule has 1 aliphatic heterocycles. The third-order valence-corrected chi connectivity index (χ3v) is 3.33. The summed E-state index contributed by atoms with van der Waals surface area (Å²) in [6, 6.07) is -0.107. The van der Waals surface area contributed by atoms with Gasteiger partial charge in [-0.15, -0.1) is 0 Å². The zero-order valence-electron chi connectivity index (χ0n) is 11.0. The number of carbonyl (C=O) groups is 1. The number of carbonyl (C=O) groups excluding carboxylic acids is 1. The lowest BCUT2D eigenvalue weighted by Crippen LogP contribution is -2.56. The number of aromatic nitrogens is 2. The highest BCUT2D eigenvalue weighted by Gasteiger charge is 2.28. The molecular formula is C11H19N5O2. The van der Waals surface area contributed by atoms with Gasteiger partial charge in [-0.2, -0.15) is 0 Å². The van der Waals surface area contributed by atoms with Gasteiger partial charge >= 0.3 is 0 Å². The lowest BCUT2D eigenvalue weighted by molar-refractivity contribution is -0.128. The van der Waals surface area contributed by atoms with Crippen molar-refractivity contribution >= 4 is 5.91 Å². The highest BCUT2D eigenvalue weighted by molar-refractivity contribution is 5.82. The summed E-state index contributed by atoms with van der Waals surface area (Å²) in [6.07, 6.45) is 0. The number of hydrogen-bond acceptors (Lipinski definition) is 6. The van der Waals surface area contributed by atoms with Crippen LogP contribution in [0.1, 0.15) is 11.4 Å². The molecule has 1 N–H and O–H groups in total. The van der Waals surface area contributed by atoms with Gasteiger partial charge in [-0.05, 0) is 21.0 Å². The zero-order valence-corrected chi connectivity index (χ0v) is 11.0. The molecule has 100 valence electrons. The second-order valence-electron chi connectivity index (χ2n) is 4.77. The van der Waals surface area contributed by atoms with Crippen molar-refractivity contribution in [1.29, 1.82) is 0 Å². The highest BCUT2D eigenvalue weighted by Crippen LogP contribution is 2.06. The number of likely N-dealkylation sites (N-methyl/N-ethyl adjacent to an activating group) is 2. The Kier molecular flexibility index (Phi) is 3.93. The van der Waals surface area contributed by atoms with E-state index in [-0.39, 0.29) is 11.9 Å². The number of rotatable bonds is 3. The molecule has 2 heterocycles. The summed E-state index contributed by atoms with van der Waals surface area (Å²) in [5, 5.41) is 10.3. The van der Waals surface area contributed by atoms with Crippen LogP contribution in [0.15, 0.2) is 4.63 Å². The fraction of sp³-hybridized carbons (Fsp3) is 0.727. The Balaban J connectivity index is 1.89. The van der Waals surface area contributed by atoms with Crippen LogP contribution in [0.2, 0.25) is 0 Å². The van der Waals surface area contributed by atoms with E-state index in [1.807, 2.05) is 14.1 Å². The van der Waals surface area contributed by atoms with Gasteiger partial charge in [0.2, 0.25) is 5.91 Å². The second kappa shape index (κ2) is 5.45. The van der Waals surface area contributed by atoms with E-state index in [0.29, 0.717) is 17.9 Å². The van der Waals surface area contributed by atoms with Crippen molar-refractivity contribution in [2.45, 2.75) is 19.5 Å². The maximum Gasteiger partial charge on any atom is 0.239 e. The van der Waals surface area contributed by atoms with Crippen LogP contribution in [-0.4, -0.2) is 65.8 Å². The first-order chi connectivity index (χ1) is 8.58. The number of amides is 1. The van der Waals surface area contributed by atoms with Gasteiger partial charge in [-0.1, -0.05) is 10.3 Å².